The molecule has 5 heteroatoms. The highest BCUT2D eigenvalue weighted by molar-refractivity contribution is 9.08. The van der Waals surface area contributed by atoms with Crippen LogP contribution in [0.3, 0.4) is 0 Å². The van der Waals surface area contributed by atoms with Crippen molar-refractivity contribution in [3.05, 3.63) is 27.7 Å². The van der Waals surface area contributed by atoms with Gasteiger partial charge in [-0.05, 0) is 12.1 Å². The molecule has 0 amide bonds. The van der Waals surface area contributed by atoms with E-state index in [1.54, 1.807) is 13.2 Å². The maximum atomic E-state index is 6.06. The van der Waals surface area contributed by atoms with Gasteiger partial charge in [0, 0.05) is 36.1 Å². The van der Waals surface area contributed by atoms with Crippen molar-refractivity contribution in [3.63, 3.8) is 0 Å². The zero-order valence-corrected chi connectivity index (χ0v) is 12.0. The first kappa shape index (κ1) is 14.1. The molecule has 0 radical (unpaired) electrons. The van der Waals surface area contributed by atoms with Crippen molar-refractivity contribution in [2.75, 3.05) is 20.3 Å². The number of hydrogen-bond donors (Lipinski definition) is 0. The Hall–Kier alpha value is 0.0400. The number of ether oxygens (including phenoxy) is 2. The average molecular weight is 328 g/mol. The third kappa shape index (κ3) is 4.13. The lowest BCUT2D eigenvalue weighted by Crippen LogP contribution is -2.03. The fourth-order valence-electron chi connectivity index (χ4n) is 1.25. The van der Waals surface area contributed by atoms with Crippen molar-refractivity contribution in [1.82, 2.24) is 0 Å². The minimum atomic E-state index is 0.541. The lowest BCUT2D eigenvalue weighted by molar-refractivity contribution is 0.172. The molecule has 1 aromatic carbocycles. The number of methoxy groups -OCH3 is 1. The van der Waals surface area contributed by atoms with Crippen molar-refractivity contribution in [1.29, 1.82) is 0 Å². The Morgan fingerprint density at radius 2 is 2.00 bits per heavy atom. The van der Waals surface area contributed by atoms with Gasteiger partial charge in [-0.1, -0.05) is 39.1 Å². The number of halogens is 3. The van der Waals surface area contributed by atoms with Crippen LogP contribution in [0.15, 0.2) is 12.1 Å². The molecule has 0 aliphatic carbocycles. The van der Waals surface area contributed by atoms with Crippen LogP contribution in [0, 0.1) is 0 Å². The molecule has 1 aromatic rings. The molecule has 0 saturated carbocycles. The third-order valence-electron chi connectivity index (χ3n) is 1.97. The van der Waals surface area contributed by atoms with E-state index < -0.39 is 0 Å². The Morgan fingerprint density at radius 3 is 2.62 bits per heavy atom. The molecular weight excluding hydrogens is 315 g/mol. The maximum Gasteiger partial charge on any atom is 0.142 e. The van der Waals surface area contributed by atoms with E-state index in [4.69, 9.17) is 32.7 Å². The van der Waals surface area contributed by atoms with Gasteiger partial charge >= 0.3 is 0 Å². The van der Waals surface area contributed by atoms with Gasteiger partial charge in [-0.15, -0.1) is 0 Å². The molecule has 0 atom stereocenters. The molecule has 0 bridgehead atoms. The second kappa shape index (κ2) is 7.38. The monoisotopic (exact) mass is 326 g/mol. The molecule has 90 valence electrons. The quantitative estimate of drug-likeness (QED) is 0.572. The fraction of sp³-hybridized carbons (Fsp3) is 0.455. The maximum absolute atomic E-state index is 6.06. The van der Waals surface area contributed by atoms with Crippen LogP contribution in [0.4, 0.5) is 0 Å². The van der Waals surface area contributed by atoms with E-state index in [0.29, 0.717) is 34.3 Å². The van der Waals surface area contributed by atoms with E-state index in [-0.39, 0.29) is 0 Å². The van der Waals surface area contributed by atoms with E-state index in [9.17, 15) is 0 Å². The van der Waals surface area contributed by atoms with Gasteiger partial charge in [0.25, 0.3) is 0 Å². The first-order valence-corrected chi connectivity index (χ1v) is 6.72. The molecule has 1 rings (SSSR count). The summed E-state index contributed by atoms with van der Waals surface area (Å²) in [4.78, 5) is 0. The highest BCUT2D eigenvalue weighted by Crippen LogP contribution is 2.33. The summed E-state index contributed by atoms with van der Waals surface area (Å²) < 4.78 is 10.6. The van der Waals surface area contributed by atoms with E-state index in [2.05, 4.69) is 15.9 Å². The Bertz CT molecular complexity index is 345. The van der Waals surface area contributed by atoms with Crippen LogP contribution in [0.25, 0.3) is 0 Å². The number of benzene rings is 1. The van der Waals surface area contributed by atoms with Gasteiger partial charge in [0.15, 0.2) is 0 Å². The number of alkyl halides is 1. The summed E-state index contributed by atoms with van der Waals surface area (Å²) in [5.41, 5.74) is 0.954. The zero-order valence-electron chi connectivity index (χ0n) is 8.93. The minimum Gasteiger partial charge on any atom is -0.492 e. The van der Waals surface area contributed by atoms with Gasteiger partial charge in [0.05, 0.1) is 11.6 Å². The van der Waals surface area contributed by atoms with Crippen molar-refractivity contribution < 1.29 is 9.47 Å². The smallest absolute Gasteiger partial charge is 0.142 e. The van der Waals surface area contributed by atoms with Gasteiger partial charge in [-0.25, -0.2) is 0 Å². The standard InChI is InChI=1S/C11H13BrCl2O2/c1-15-3-2-4-16-11-8(7-12)5-9(13)6-10(11)14/h5-6H,2-4,7H2,1H3. The zero-order chi connectivity index (χ0) is 12.0. The molecule has 0 unspecified atom stereocenters. The number of rotatable bonds is 6. The van der Waals surface area contributed by atoms with Crippen LogP contribution >= 0.6 is 39.1 Å². The molecule has 0 aromatic heterocycles. The van der Waals surface area contributed by atoms with Gasteiger partial charge in [0.1, 0.15) is 5.75 Å². The van der Waals surface area contributed by atoms with Crippen LogP contribution in [-0.2, 0) is 10.1 Å². The number of hydrogen-bond acceptors (Lipinski definition) is 2. The Morgan fingerprint density at radius 1 is 1.25 bits per heavy atom. The van der Waals surface area contributed by atoms with E-state index in [0.717, 1.165) is 12.0 Å². The molecule has 0 aliphatic heterocycles. The second-order valence-electron chi connectivity index (χ2n) is 3.20. The van der Waals surface area contributed by atoms with Crippen molar-refractivity contribution >= 4 is 39.1 Å². The Kier molecular flexibility index (Phi) is 6.51. The first-order valence-electron chi connectivity index (χ1n) is 4.84. The Balaban J connectivity index is 2.70. The third-order valence-corrected chi connectivity index (χ3v) is 3.07. The van der Waals surface area contributed by atoms with Crippen molar-refractivity contribution in [3.8, 4) is 5.75 Å². The van der Waals surface area contributed by atoms with Crippen molar-refractivity contribution in [2.24, 2.45) is 0 Å². The van der Waals surface area contributed by atoms with E-state index >= 15 is 0 Å². The predicted octanol–water partition coefficient (Wildman–Crippen LogP) is 4.30. The molecule has 0 fully saturated rings. The molecule has 0 aliphatic rings. The second-order valence-corrected chi connectivity index (χ2v) is 4.61. The molecular formula is C11H13BrCl2O2. The van der Waals surface area contributed by atoms with Crippen molar-refractivity contribution in [2.45, 2.75) is 11.8 Å². The molecule has 0 spiro atoms. The molecule has 0 saturated heterocycles. The lowest BCUT2D eigenvalue weighted by Gasteiger charge is -2.12. The van der Waals surface area contributed by atoms with Crippen LogP contribution in [-0.4, -0.2) is 20.3 Å². The van der Waals surface area contributed by atoms with Crippen LogP contribution in [0.1, 0.15) is 12.0 Å². The fourth-order valence-corrected chi connectivity index (χ4v) is 2.26. The minimum absolute atomic E-state index is 0.541. The highest BCUT2D eigenvalue weighted by atomic mass is 79.9. The average Bonchev–Trinajstić information content (AvgIpc) is 2.26. The van der Waals surface area contributed by atoms with Gasteiger partial charge in [0.2, 0.25) is 0 Å². The van der Waals surface area contributed by atoms with E-state index in [1.165, 1.54) is 0 Å². The van der Waals surface area contributed by atoms with E-state index in [1.807, 2.05) is 6.07 Å². The molecule has 16 heavy (non-hydrogen) atoms. The highest BCUT2D eigenvalue weighted by Gasteiger charge is 2.09. The summed E-state index contributed by atoms with van der Waals surface area (Å²) in [6.07, 6.45) is 0.831. The largest absolute Gasteiger partial charge is 0.492 e. The summed E-state index contributed by atoms with van der Waals surface area (Å²) in [7, 11) is 1.67. The normalized spacial score (nSPS) is 10.5. The summed E-state index contributed by atoms with van der Waals surface area (Å²) >= 11 is 15.3. The van der Waals surface area contributed by atoms with Gasteiger partial charge < -0.3 is 9.47 Å². The van der Waals surface area contributed by atoms with Crippen LogP contribution < -0.4 is 4.74 Å². The summed E-state index contributed by atoms with van der Waals surface area (Å²) in [6, 6.07) is 3.52. The predicted molar refractivity (Wildman–Crippen MR) is 71.1 cm³/mol. The first-order chi connectivity index (χ1) is 7.69. The molecule has 2 nitrogen and oxygen atoms in total. The SMILES string of the molecule is COCCCOc1c(Cl)cc(Cl)cc1CBr. The summed E-state index contributed by atoms with van der Waals surface area (Å²) in [5, 5.41) is 1.82. The lowest BCUT2D eigenvalue weighted by atomic mass is 10.2. The Labute approximate surface area is 114 Å². The van der Waals surface area contributed by atoms with Gasteiger partial charge in [-0.2, -0.15) is 0 Å². The van der Waals surface area contributed by atoms with Crippen LogP contribution in [0.2, 0.25) is 10.0 Å². The van der Waals surface area contributed by atoms with Gasteiger partial charge in [-0.3, -0.25) is 0 Å². The molecule has 0 N–H and O–H groups in total. The van der Waals surface area contributed by atoms with Crippen LogP contribution in [0.5, 0.6) is 5.75 Å². The molecule has 0 heterocycles. The summed E-state index contributed by atoms with van der Waals surface area (Å²) in [5.74, 6) is 0.694. The topological polar surface area (TPSA) is 18.5 Å². The summed E-state index contributed by atoms with van der Waals surface area (Å²) in [6.45, 7) is 1.25.